The molecule has 0 aliphatic rings. The monoisotopic (exact) mass is 279 g/mol. The van der Waals surface area contributed by atoms with E-state index in [4.69, 9.17) is 16.3 Å². The van der Waals surface area contributed by atoms with E-state index in [1.165, 1.54) is 0 Å². The number of nitrogens with zero attached hydrogens (tertiary/aromatic N) is 2. The molecule has 19 heavy (non-hydrogen) atoms. The largest absolute Gasteiger partial charge is 0.494 e. The minimum absolute atomic E-state index is 0.442. The van der Waals surface area contributed by atoms with Crippen molar-refractivity contribution < 1.29 is 4.74 Å². The van der Waals surface area contributed by atoms with Crippen molar-refractivity contribution in [3.05, 3.63) is 41.7 Å². The Balaban J connectivity index is 2.04. The SMILES string of the molecule is CCOc1ccc(NCc2cnn(C)c2)cc1CCl. The summed E-state index contributed by atoms with van der Waals surface area (Å²) in [6.45, 7) is 3.35. The highest BCUT2D eigenvalue weighted by molar-refractivity contribution is 6.17. The number of rotatable bonds is 6. The first-order chi connectivity index (χ1) is 9.22. The quantitative estimate of drug-likeness (QED) is 0.826. The number of alkyl halides is 1. The lowest BCUT2D eigenvalue weighted by atomic mass is 10.2. The van der Waals surface area contributed by atoms with Crippen LogP contribution in [0.2, 0.25) is 0 Å². The number of aryl methyl sites for hydroxylation is 1. The fourth-order valence-electron chi connectivity index (χ4n) is 1.86. The van der Waals surface area contributed by atoms with Crippen LogP contribution in [0.5, 0.6) is 5.75 Å². The lowest BCUT2D eigenvalue weighted by Gasteiger charge is -2.11. The van der Waals surface area contributed by atoms with Gasteiger partial charge < -0.3 is 10.1 Å². The molecule has 0 fully saturated rings. The van der Waals surface area contributed by atoms with Crippen LogP contribution in [-0.4, -0.2) is 16.4 Å². The first-order valence-corrected chi connectivity index (χ1v) is 6.79. The van der Waals surface area contributed by atoms with Gasteiger partial charge in [-0.25, -0.2) is 0 Å². The van der Waals surface area contributed by atoms with Crippen molar-refractivity contribution in [1.82, 2.24) is 9.78 Å². The lowest BCUT2D eigenvalue weighted by molar-refractivity contribution is 0.337. The molecule has 1 aromatic heterocycles. The van der Waals surface area contributed by atoms with Crippen molar-refractivity contribution >= 4 is 17.3 Å². The molecule has 1 aromatic carbocycles. The molecule has 0 aliphatic carbocycles. The number of aromatic nitrogens is 2. The number of hydrogen-bond donors (Lipinski definition) is 1. The maximum absolute atomic E-state index is 5.94. The minimum Gasteiger partial charge on any atom is -0.494 e. The number of anilines is 1. The minimum atomic E-state index is 0.442. The lowest BCUT2D eigenvalue weighted by Crippen LogP contribution is -2.01. The summed E-state index contributed by atoms with van der Waals surface area (Å²) in [5.74, 6) is 1.29. The third-order valence-electron chi connectivity index (χ3n) is 2.76. The van der Waals surface area contributed by atoms with Crippen LogP contribution in [-0.2, 0) is 19.5 Å². The second-order valence-corrected chi connectivity index (χ2v) is 4.53. The predicted molar refractivity (Wildman–Crippen MR) is 77.7 cm³/mol. The Morgan fingerprint density at radius 2 is 2.26 bits per heavy atom. The second-order valence-electron chi connectivity index (χ2n) is 4.26. The Bertz CT molecular complexity index is 539. The number of nitrogens with one attached hydrogen (secondary N) is 1. The van der Waals surface area contributed by atoms with Crippen LogP contribution in [0.25, 0.3) is 0 Å². The Morgan fingerprint density at radius 3 is 2.89 bits per heavy atom. The normalized spacial score (nSPS) is 10.5. The van der Waals surface area contributed by atoms with Crippen molar-refractivity contribution in [3.8, 4) is 5.75 Å². The van der Waals surface area contributed by atoms with Crippen LogP contribution < -0.4 is 10.1 Å². The van der Waals surface area contributed by atoms with E-state index in [1.807, 2.05) is 44.6 Å². The van der Waals surface area contributed by atoms with Crippen molar-refractivity contribution in [3.63, 3.8) is 0 Å². The van der Waals surface area contributed by atoms with Crippen LogP contribution in [0, 0.1) is 0 Å². The summed E-state index contributed by atoms with van der Waals surface area (Å²) < 4.78 is 7.31. The molecule has 0 spiro atoms. The van der Waals surface area contributed by atoms with E-state index < -0.39 is 0 Å². The molecule has 2 rings (SSSR count). The summed E-state index contributed by atoms with van der Waals surface area (Å²) in [6, 6.07) is 5.97. The molecule has 0 radical (unpaired) electrons. The molecule has 0 saturated heterocycles. The van der Waals surface area contributed by atoms with E-state index in [9.17, 15) is 0 Å². The van der Waals surface area contributed by atoms with Gasteiger partial charge in [-0.2, -0.15) is 5.10 Å². The van der Waals surface area contributed by atoms with Crippen LogP contribution in [0.3, 0.4) is 0 Å². The van der Waals surface area contributed by atoms with Crippen LogP contribution >= 0.6 is 11.6 Å². The summed E-state index contributed by atoms with van der Waals surface area (Å²) in [5.41, 5.74) is 3.17. The number of halogens is 1. The van der Waals surface area contributed by atoms with Gasteiger partial charge in [-0.1, -0.05) is 0 Å². The average Bonchev–Trinajstić information content (AvgIpc) is 2.83. The highest BCUT2D eigenvalue weighted by atomic mass is 35.5. The molecule has 0 amide bonds. The molecule has 1 heterocycles. The smallest absolute Gasteiger partial charge is 0.123 e. The van der Waals surface area contributed by atoms with Crippen molar-refractivity contribution in [2.75, 3.05) is 11.9 Å². The van der Waals surface area contributed by atoms with Gasteiger partial charge in [-0.15, -0.1) is 11.6 Å². The molecule has 0 saturated carbocycles. The molecular weight excluding hydrogens is 262 g/mol. The standard InChI is InChI=1S/C14H18ClN3O/c1-3-19-14-5-4-13(6-12(14)7-15)16-8-11-9-17-18(2)10-11/h4-6,9-10,16H,3,7-8H2,1-2H3. The van der Waals surface area contributed by atoms with Crippen LogP contribution in [0.4, 0.5) is 5.69 Å². The Kier molecular flexibility index (Phi) is 4.68. The fraction of sp³-hybridized carbons (Fsp3) is 0.357. The van der Waals surface area contributed by atoms with Crippen LogP contribution in [0.1, 0.15) is 18.1 Å². The molecule has 4 nitrogen and oxygen atoms in total. The predicted octanol–water partition coefficient (Wildman–Crippen LogP) is 3.17. The number of benzene rings is 1. The first kappa shape index (κ1) is 13.7. The van der Waals surface area contributed by atoms with Gasteiger partial charge in [0.1, 0.15) is 5.75 Å². The molecule has 0 unspecified atom stereocenters. The molecule has 2 aromatic rings. The summed E-state index contributed by atoms with van der Waals surface area (Å²) >= 11 is 5.94. The maximum atomic E-state index is 5.94. The summed E-state index contributed by atoms with van der Waals surface area (Å²) in [7, 11) is 1.91. The third-order valence-corrected chi connectivity index (χ3v) is 3.05. The summed E-state index contributed by atoms with van der Waals surface area (Å²) in [5, 5.41) is 7.49. The zero-order chi connectivity index (χ0) is 13.7. The van der Waals surface area contributed by atoms with Crippen LogP contribution in [0.15, 0.2) is 30.6 Å². The van der Waals surface area contributed by atoms with Gasteiger partial charge in [0, 0.05) is 36.6 Å². The number of ether oxygens (including phenoxy) is 1. The van der Waals surface area contributed by atoms with Gasteiger partial charge in [-0.05, 0) is 25.1 Å². The van der Waals surface area contributed by atoms with E-state index >= 15 is 0 Å². The van der Waals surface area contributed by atoms with Crippen molar-refractivity contribution in [2.45, 2.75) is 19.3 Å². The van der Waals surface area contributed by atoms with Gasteiger partial charge in [0.15, 0.2) is 0 Å². The second kappa shape index (κ2) is 6.48. The van der Waals surface area contributed by atoms with Gasteiger partial charge in [-0.3, -0.25) is 4.68 Å². The highest BCUT2D eigenvalue weighted by Crippen LogP contribution is 2.24. The topological polar surface area (TPSA) is 39.1 Å². The number of hydrogen-bond acceptors (Lipinski definition) is 3. The maximum Gasteiger partial charge on any atom is 0.123 e. The molecule has 0 aliphatic heterocycles. The molecule has 0 atom stereocenters. The van der Waals surface area contributed by atoms with Crippen molar-refractivity contribution in [1.29, 1.82) is 0 Å². The van der Waals surface area contributed by atoms with E-state index in [2.05, 4.69) is 10.4 Å². The summed E-state index contributed by atoms with van der Waals surface area (Å²) in [4.78, 5) is 0. The Morgan fingerprint density at radius 1 is 1.42 bits per heavy atom. The average molecular weight is 280 g/mol. The van der Waals surface area contributed by atoms with Crippen molar-refractivity contribution in [2.24, 2.45) is 7.05 Å². The Hall–Kier alpha value is -1.68. The zero-order valence-electron chi connectivity index (χ0n) is 11.2. The fourth-order valence-corrected chi connectivity index (χ4v) is 2.07. The van der Waals surface area contributed by atoms with E-state index in [-0.39, 0.29) is 0 Å². The molecule has 1 N–H and O–H groups in total. The Labute approximate surface area is 118 Å². The van der Waals surface area contributed by atoms with Gasteiger partial charge >= 0.3 is 0 Å². The van der Waals surface area contributed by atoms with E-state index in [0.29, 0.717) is 12.5 Å². The van der Waals surface area contributed by atoms with Gasteiger partial charge in [0.25, 0.3) is 0 Å². The zero-order valence-corrected chi connectivity index (χ0v) is 11.9. The summed E-state index contributed by atoms with van der Waals surface area (Å²) in [6.07, 6.45) is 3.84. The molecule has 102 valence electrons. The van der Waals surface area contributed by atoms with Gasteiger partial charge in [0.2, 0.25) is 0 Å². The highest BCUT2D eigenvalue weighted by Gasteiger charge is 2.04. The molecular formula is C14H18ClN3O. The van der Waals surface area contributed by atoms with E-state index in [0.717, 1.165) is 29.1 Å². The van der Waals surface area contributed by atoms with Gasteiger partial charge in [0.05, 0.1) is 18.7 Å². The molecule has 5 heteroatoms. The third kappa shape index (κ3) is 3.64. The van der Waals surface area contributed by atoms with E-state index in [1.54, 1.807) is 4.68 Å². The molecule has 0 bridgehead atoms. The first-order valence-electron chi connectivity index (χ1n) is 6.26.